The molecule has 0 aromatic heterocycles. The molecule has 1 N–H and O–H groups in total. The van der Waals surface area contributed by atoms with Crippen LogP contribution in [0.25, 0.3) is 0 Å². The first-order valence-corrected chi connectivity index (χ1v) is 10.1. The molecule has 1 amide bonds. The number of benzene rings is 2. The van der Waals surface area contributed by atoms with Crippen molar-refractivity contribution in [2.75, 3.05) is 20.7 Å². The molecule has 0 heterocycles. The predicted octanol–water partition coefficient (Wildman–Crippen LogP) is 2.40. The number of Topliss-reactive ketones (excluding diaryl/α,β-unsaturated/α-hetero) is 1. The number of hydrogen-bond donors (Lipinski definition) is 1. The van der Waals surface area contributed by atoms with E-state index in [0.717, 1.165) is 9.87 Å². The van der Waals surface area contributed by atoms with Crippen LogP contribution in [0.15, 0.2) is 53.4 Å². The van der Waals surface area contributed by atoms with Gasteiger partial charge in [-0.05, 0) is 43.7 Å². The number of sulfonamides is 1. The lowest BCUT2D eigenvalue weighted by molar-refractivity contribution is -0.123. The number of nitrogens with zero attached hydrogens (tertiary/aromatic N) is 1. The summed E-state index contributed by atoms with van der Waals surface area (Å²) in [5, 5.41) is 2.79. The molecule has 0 saturated carbocycles. The van der Waals surface area contributed by atoms with Gasteiger partial charge in [-0.1, -0.05) is 24.3 Å². The fraction of sp³-hybridized carbons (Fsp3) is 0.300. The van der Waals surface area contributed by atoms with Crippen LogP contribution in [0.2, 0.25) is 0 Å². The minimum atomic E-state index is -3.49. The lowest BCUT2D eigenvalue weighted by Crippen LogP contribution is -2.31. The fourth-order valence-corrected chi connectivity index (χ4v) is 3.36. The summed E-state index contributed by atoms with van der Waals surface area (Å²) in [6.45, 7) is 3.06. The third-order valence-corrected chi connectivity index (χ3v) is 5.98. The first kappa shape index (κ1) is 21.6. The third-order valence-electron chi connectivity index (χ3n) is 4.15. The molecular weight excluding hydrogens is 380 g/mol. The lowest BCUT2D eigenvalue weighted by Gasteiger charge is -2.16. The average Bonchev–Trinajstić information content (AvgIpc) is 2.66. The van der Waals surface area contributed by atoms with Gasteiger partial charge in [0.15, 0.2) is 12.4 Å². The molecule has 2 aromatic carbocycles. The zero-order chi connectivity index (χ0) is 20.9. The average molecular weight is 404 g/mol. The molecule has 0 fully saturated rings. The molecular formula is C20H24N2O5S. The van der Waals surface area contributed by atoms with Gasteiger partial charge in [-0.15, -0.1) is 0 Å². The zero-order valence-electron chi connectivity index (χ0n) is 16.3. The van der Waals surface area contributed by atoms with Crippen LogP contribution in [-0.4, -0.2) is 45.1 Å². The van der Waals surface area contributed by atoms with Gasteiger partial charge in [-0.3, -0.25) is 9.59 Å². The number of carbonyl (C=O) groups excluding carboxylic acids is 2. The molecule has 2 rings (SSSR count). The van der Waals surface area contributed by atoms with E-state index in [2.05, 4.69) is 5.32 Å². The van der Waals surface area contributed by atoms with Gasteiger partial charge in [-0.2, -0.15) is 0 Å². The molecule has 1 atom stereocenters. The van der Waals surface area contributed by atoms with Crippen molar-refractivity contribution >= 4 is 21.7 Å². The number of ether oxygens (including phenoxy) is 1. The van der Waals surface area contributed by atoms with Crippen molar-refractivity contribution in [1.82, 2.24) is 9.62 Å². The Balaban J connectivity index is 1.95. The Morgan fingerprint density at radius 1 is 1.11 bits per heavy atom. The minimum absolute atomic E-state index is 0.0803. The van der Waals surface area contributed by atoms with Crippen LogP contribution < -0.4 is 10.1 Å². The van der Waals surface area contributed by atoms with E-state index in [4.69, 9.17) is 4.74 Å². The van der Waals surface area contributed by atoms with Gasteiger partial charge in [-0.25, -0.2) is 12.7 Å². The Hall–Kier alpha value is -2.71. The number of rotatable bonds is 8. The highest BCUT2D eigenvalue weighted by Gasteiger charge is 2.18. The van der Waals surface area contributed by atoms with Crippen LogP contribution >= 0.6 is 0 Å². The monoisotopic (exact) mass is 404 g/mol. The number of ketones is 1. The molecule has 0 aliphatic rings. The predicted molar refractivity (Wildman–Crippen MR) is 106 cm³/mol. The maximum Gasteiger partial charge on any atom is 0.258 e. The summed E-state index contributed by atoms with van der Waals surface area (Å²) in [5.74, 6) is 0.0303. The maximum atomic E-state index is 12.1. The molecule has 150 valence electrons. The van der Waals surface area contributed by atoms with Gasteiger partial charge in [0.25, 0.3) is 5.91 Å². The highest BCUT2D eigenvalue weighted by atomic mass is 32.2. The Kier molecular flexibility index (Phi) is 6.93. The molecule has 0 aliphatic heterocycles. The van der Waals surface area contributed by atoms with Crippen molar-refractivity contribution in [3.05, 3.63) is 59.7 Å². The number of carbonyl (C=O) groups is 2. The molecule has 0 spiro atoms. The van der Waals surface area contributed by atoms with Crippen LogP contribution in [0.4, 0.5) is 0 Å². The van der Waals surface area contributed by atoms with E-state index in [1.54, 1.807) is 43.3 Å². The van der Waals surface area contributed by atoms with Crippen molar-refractivity contribution in [3.8, 4) is 5.75 Å². The minimum Gasteiger partial charge on any atom is -0.484 e. The smallest absolute Gasteiger partial charge is 0.258 e. The van der Waals surface area contributed by atoms with E-state index in [1.165, 1.54) is 33.2 Å². The van der Waals surface area contributed by atoms with Crippen LogP contribution in [-0.2, 0) is 14.8 Å². The van der Waals surface area contributed by atoms with E-state index < -0.39 is 10.0 Å². The van der Waals surface area contributed by atoms with Gasteiger partial charge in [0.05, 0.1) is 10.9 Å². The molecule has 8 heteroatoms. The first-order valence-electron chi connectivity index (χ1n) is 8.67. The van der Waals surface area contributed by atoms with Crippen molar-refractivity contribution in [2.24, 2.45) is 0 Å². The third kappa shape index (κ3) is 5.40. The van der Waals surface area contributed by atoms with E-state index >= 15 is 0 Å². The number of nitrogens with one attached hydrogen (secondary N) is 1. The first-order chi connectivity index (χ1) is 13.1. The van der Waals surface area contributed by atoms with Crippen LogP contribution in [0.3, 0.4) is 0 Å². The summed E-state index contributed by atoms with van der Waals surface area (Å²) in [7, 11) is -0.549. The van der Waals surface area contributed by atoms with Gasteiger partial charge in [0.2, 0.25) is 10.0 Å². The quantitative estimate of drug-likeness (QED) is 0.682. The molecule has 28 heavy (non-hydrogen) atoms. The largest absolute Gasteiger partial charge is 0.484 e. The fourth-order valence-electron chi connectivity index (χ4n) is 2.46. The second-order valence-corrected chi connectivity index (χ2v) is 8.67. The Bertz CT molecular complexity index is 953. The van der Waals surface area contributed by atoms with Crippen LogP contribution in [0.5, 0.6) is 5.75 Å². The molecule has 0 bridgehead atoms. The topological polar surface area (TPSA) is 92.8 Å². The normalized spacial score (nSPS) is 12.5. The Morgan fingerprint density at radius 2 is 1.75 bits per heavy atom. The standard InChI is InChI=1S/C20H24N2O5S/c1-14(16-8-10-19(11-9-16)28(25,26)22(3)4)21-20(24)13-27-18-7-5-6-17(12-18)15(2)23/h5-12,14H,13H2,1-4H3,(H,21,24). The Labute approximate surface area is 165 Å². The lowest BCUT2D eigenvalue weighted by atomic mass is 10.1. The molecule has 2 aromatic rings. The highest BCUT2D eigenvalue weighted by Crippen LogP contribution is 2.18. The summed E-state index contributed by atoms with van der Waals surface area (Å²) in [4.78, 5) is 23.7. The van der Waals surface area contributed by atoms with Gasteiger partial charge < -0.3 is 10.1 Å². The molecule has 0 aliphatic carbocycles. The number of hydrogen-bond acceptors (Lipinski definition) is 5. The highest BCUT2D eigenvalue weighted by molar-refractivity contribution is 7.89. The molecule has 0 radical (unpaired) electrons. The summed E-state index contributed by atoms with van der Waals surface area (Å²) in [6, 6.07) is 12.7. The molecule has 0 saturated heterocycles. The van der Waals surface area contributed by atoms with E-state index in [0.29, 0.717) is 11.3 Å². The van der Waals surface area contributed by atoms with Gasteiger partial charge in [0, 0.05) is 19.7 Å². The SMILES string of the molecule is CC(=O)c1cccc(OCC(=O)NC(C)c2ccc(S(=O)(=O)N(C)C)cc2)c1. The Morgan fingerprint density at radius 3 is 2.32 bits per heavy atom. The van der Waals surface area contributed by atoms with Crippen molar-refractivity contribution < 1.29 is 22.7 Å². The number of amides is 1. The summed E-state index contributed by atoms with van der Waals surface area (Å²) in [5.41, 5.74) is 1.28. The summed E-state index contributed by atoms with van der Waals surface area (Å²) in [6.07, 6.45) is 0. The van der Waals surface area contributed by atoms with E-state index in [9.17, 15) is 18.0 Å². The van der Waals surface area contributed by atoms with Crippen molar-refractivity contribution in [3.63, 3.8) is 0 Å². The molecule has 1 unspecified atom stereocenters. The maximum absolute atomic E-state index is 12.1. The van der Waals surface area contributed by atoms with Gasteiger partial charge >= 0.3 is 0 Å². The second kappa shape index (κ2) is 8.99. The van der Waals surface area contributed by atoms with E-state index in [1.807, 2.05) is 0 Å². The second-order valence-electron chi connectivity index (χ2n) is 6.52. The van der Waals surface area contributed by atoms with Gasteiger partial charge in [0.1, 0.15) is 5.75 Å². The van der Waals surface area contributed by atoms with Crippen molar-refractivity contribution in [1.29, 1.82) is 0 Å². The van der Waals surface area contributed by atoms with E-state index in [-0.39, 0.29) is 29.2 Å². The van der Waals surface area contributed by atoms with Crippen LogP contribution in [0.1, 0.15) is 35.8 Å². The van der Waals surface area contributed by atoms with Crippen molar-refractivity contribution in [2.45, 2.75) is 24.8 Å². The summed E-state index contributed by atoms with van der Waals surface area (Å²) < 4.78 is 30.8. The van der Waals surface area contributed by atoms with Crippen LogP contribution in [0, 0.1) is 0 Å². The zero-order valence-corrected chi connectivity index (χ0v) is 17.1. The molecule has 7 nitrogen and oxygen atoms in total. The summed E-state index contributed by atoms with van der Waals surface area (Å²) >= 11 is 0.